The predicted octanol–water partition coefficient (Wildman–Crippen LogP) is 6.05. The normalized spacial score (nSPS) is 20.4. The van der Waals surface area contributed by atoms with Crippen LogP contribution >= 0.6 is 0 Å². The van der Waals surface area contributed by atoms with Gasteiger partial charge in [0.15, 0.2) is 0 Å². The van der Waals surface area contributed by atoms with Gasteiger partial charge < -0.3 is 4.74 Å². The molecule has 2 atom stereocenters. The minimum Gasteiger partial charge on any atom is -0.464 e. The third-order valence-corrected chi connectivity index (χ3v) is 5.69. The first-order valence-electron chi connectivity index (χ1n) is 9.97. The molecule has 0 fully saturated rings. The van der Waals surface area contributed by atoms with E-state index in [9.17, 15) is 0 Å². The molecule has 0 N–H and O–H groups in total. The summed E-state index contributed by atoms with van der Waals surface area (Å²) in [7, 11) is 0. The van der Waals surface area contributed by atoms with E-state index in [-0.39, 0.29) is 12.3 Å². The molecule has 0 amide bonds. The Morgan fingerprint density at radius 3 is 2.36 bits per heavy atom. The van der Waals surface area contributed by atoms with Crippen LogP contribution < -0.4 is 4.74 Å². The fourth-order valence-corrected chi connectivity index (χ4v) is 4.10. The molecule has 3 nitrogen and oxygen atoms in total. The zero-order valence-corrected chi connectivity index (χ0v) is 16.2. The molecule has 0 aromatic heterocycles. The largest absolute Gasteiger partial charge is 0.464 e. The Morgan fingerprint density at radius 1 is 0.893 bits per heavy atom. The zero-order valence-electron chi connectivity index (χ0n) is 16.2. The van der Waals surface area contributed by atoms with Crippen molar-refractivity contribution in [2.45, 2.75) is 38.5 Å². The first-order chi connectivity index (χ1) is 13.7. The van der Waals surface area contributed by atoms with Crippen molar-refractivity contribution in [3.8, 4) is 5.75 Å². The average Bonchev–Trinajstić information content (AvgIpc) is 3.20. The minimum atomic E-state index is -0.206. The van der Waals surface area contributed by atoms with Crippen molar-refractivity contribution < 1.29 is 4.74 Å². The molecule has 0 aliphatic carbocycles. The summed E-state index contributed by atoms with van der Waals surface area (Å²) in [6.45, 7) is 4.44. The van der Waals surface area contributed by atoms with E-state index in [1.54, 1.807) is 0 Å². The lowest BCUT2D eigenvalue weighted by Crippen LogP contribution is -2.33. The molecule has 3 aromatic rings. The Labute approximate surface area is 166 Å². The Bertz CT molecular complexity index is 1010. The Hall–Kier alpha value is -3.07. The van der Waals surface area contributed by atoms with E-state index in [0.717, 1.165) is 23.4 Å². The number of benzene rings is 3. The van der Waals surface area contributed by atoms with Crippen molar-refractivity contribution in [1.29, 1.82) is 0 Å². The van der Waals surface area contributed by atoms with Crippen LogP contribution in [0, 0.1) is 0 Å². The van der Waals surface area contributed by atoms with Crippen LogP contribution in [-0.4, -0.2) is 10.7 Å². The van der Waals surface area contributed by atoms with Gasteiger partial charge in [0.2, 0.25) is 6.23 Å². The third kappa shape index (κ3) is 2.88. The van der Waals surface area contributed by atoms with Crippen LogP contribution in [0.3, 0.4) is 0 Å². The predicted molar refractivity (Wildman–Crippen MR) is 113 cm³/mol. The van der Waals surface area contributed by atoms with Gasteiger partial charge in [0.1, 0.15) is 5.75 Å². The van der Waals surface area contributed by atoms with Gasteiger partial charge in [-0.1, -0.05) is 86.6 Å². The molecule has 3 aromatic carbocycles. The first-order valence-corrected chi connectivity index (χ1v) is 9.97. The van der Waals surface area contributed by atoms with Crippen molar-refractivity contribution in [1.82, 2.24) is 5.01 Å². The van der Waals surface area contributed by atoms with Crippen LogP contribution in [0.1, 0.15) is 60.7 Å². The second-order valence-corrected chi connectivity index (χ2v) is 7.84. The quantitative estimate of drug-likeness (QED) is 0.562. The lowest BCUT2D eigenvalue weighted by molar-refractivity contribution is -0.0190. The van der Waals surface area contributed by atoms with E-state index in [4.69, 9.17) is 9.84 Å². The van der Waals surface area contributed by atoms with Crippen molar-refractivity contribution in [2.75, 3.05) is 0 Å². The summed E-state index contributed by atoms with van der Waals surface area (Å²) in [5.41, 5.74) is 6.00. The molecule has 0 bridgehead atoms. The maximum Gasteiger partial charge on any atom is 0.213 e. The van der Waals surface area contributed by atoms with Gasteiger partial charge >= 0.3 is 0 Å². The highest BCUT2D eigenvalue weighted by atomic mass is 16.5. The molecule has 0 spiro atoms. The Kier molecular flexibility index (Phi) is 4.16. The molecule has 0 unspecified atom stereocenters. The first kappa shape index (κ1) is 17.1. The third-order valence-electron chi connectivity index (χ3n) is 5.69. The molecule has 140 valence electrons. The van der Waals surface area contributed by atoms with Crippen molar-refractivity contribution in [3.05, 3.63) is 101 Å². The van der Waals surface area contributed by atoms with Gasteiger partial charge in [-0.15, -0.1) is 0 Å². The maximum absolute atomic E-state index is 6.44. The van der Waals surface area contributed by atoms with E-state index >= 15 is 0 Å². The smallest absolute Gasteiger partial charge is 0.213 e. The van der Waals surface area contributed by atoms with Crippen LogP contribution in [0.4, 0.5) is 0 Å². The number of ether oxygens (including phenoxy) is 1. The van der Waals surface area contributed by atoms with Gasteiger partial charge in [0, 0.05) is 17.5 Å². The molecule has 0 radical (unpaired) electrons. The molecule has 5 rings (SSSR count). The molecule has 0 saturated heterocycles. The number of hydrazone groups is 1. The summed E-state index contributed by atoms with van der Waals surface area (Å²) in [5, 5.41) is 7.17. The average molecular weight is 368 g/mol. The van der Waals surface area contributed by atoms with Crippen LogP contribution in [0.15, 0.2) is 84.0 Å². The highest BCUT2D eigenvalue weighted by Crippen LogP contribution is 2.47. The van der Waals surface area contributed by atoms with E-state index in [1.807, 2.05) is 12.1 Å². The fourth-order valence-electron chi connectivity index (χ4n) is 4.10. The number of rotatable bonds is 3. The molecule has 0 saturated carbocycles. The van der Waals surface area contributed by atoms with Gasteiger partial charge in [0.05, 0.1) is 11.8 Å². The van der Waals surface area contributed by atoms with Gasteiger partial charge in [-0.05, 0) is 23.1 Å². The SMILES string of the molecule is CC(C)c1ccc([C@H]2Oc3ccccc3[C@@H]3CC(c4ccccc4)=NN23)cc1. The van der Waals surface area contributed by atoms with Crippen LogP contribution in [0.5, 0.6) is 5.75 Å². The van der Waals surface area contributed by atoms with Crippen molar-refractivity contribution in [3.63, 3.8) is 0 Å². The fraction of sp³-hybridized carbons (Fsp3) is 0.240. The summed E-state index contributed by atoms with van der Waals surface area (Å²) in [6, 6.07) is 27.8. The van der Waals surface area contributed by atoms with Gasteiger partial charge in [0.25, 0.3) is 0 Å². The molecular weight excluding hydrogens is 344 g/mol. The molecule has 2 heterocycles. The van der Waals surface area contributed by atoms with Crippen LogP contribution in [0.2, 0.25) is 0 Å². The molecule has 28 heavy (non-hydrogen) atoms. The van der Waals surface area contributed by atoms with Crippen LogP contribution in [0.25, 0.3) is 0 Å². The highest BCUT2D eigenvalue weighted by molar-refractivity contribution is 6.01. The lowest BCUT2D eigenvalue weighted by Gasteiger charge is -2.38. The topological polar surface area (TPSA) is 24.8 Å². The van der Waals surface area contributed by atoms with Gasteiger partial charge in [-0.25, -0.2) is 5.01 Å². The summed E-state index contributed by atoms with van der Waals surface area (Å²) in [6.07, 6.45) is 0.688. The van der Waals surface area contributed by atoms with E-state index in [0.29, 0.717) is 5.92 Å². The summed E-state index contributed by atoms with van der Waals surface area (Å²) in [4.78, 5) is 0. The van der Waals surface area contributed by atoms with E-state index in [1.165, 1.54) is 16.7 Å². The zero-order chi connectivity index (χ0) is 19.1. The molecule has 3 heteroatoms. The summed E-state index contributed by atoms with van der Waals surface area (Å²) < 4.78 is 6.44. The van der Waals surface area contributed by atoms with Crippen LogP contribution in [-0.2, 0) is 0 Å². The highest BCUT2D eigenvalue weighted by Gasteiger charge is 2.40. The standard InChI is InChI=1S/C25H24N2O/c1-17(2)18-12-14-20(15-13-18)25-27-23(21-10-6-7-11-24(21)28-25)16-22(26-27)19-8-4-3-5-9-19/h3-15,17,23,25H,16H2,1-2H3/t23-,25+/m0/s1. The summed E-state index contributed by atoms with van der Waals surface area (Å²) in [5.74, 6) is 1.48. The second-order valence-electron chi connectivity index (χ2n) is 7.84. The number of hydrogen-bond acceptors (Lipinski definition) is 3. The number of para-hydroxylation sites is 1. The molecular formula is C25H24N2O. The Balaban J connectivity index is 1.56. The van der Waals surface area contributed by atoms with Crippen molar-refractivity contribution >= 4 is 5.71 Å². The maximum atomic E-state index is 6.44. The van der Waals surface area contributed by atoms with Crippen molar-refractivity contribution in [2.24, 2.45) is 5.10 Å². The van der Waals surface area contributed by atoms with Gasteiger partial charge in [-0.3, -0.25) is 0 Å². The van der Waals surface area contributed by atoms with Gasteiger partial charge in [-0.2, -0.15) is 5.10 Å². The second kappa shape index (κ2) is 6.83. The minimum absolute atomic E-state index is 0.204. The molecule has 2 aliphatic rings. The molecule has 2 aliphatic heterocycles. The lowest BCUT2D eigenvalue weighted by atomic mass is 9.95. The monoisotopic (exact) mass is 368 g/mol. The Morgan fingerprint density at radius 2 is 1.61 bits per heavy atom. The number of nitrogens with zero attached hydrogens (tertiary/aromatic N) is 2. The number of hydrogen-bond donors (Lipinski definition) is 0. The van der Waals surface area contributed by atoms with E-state index in [2.05, 4.69) is 85.6 Å². The number of fused-ring (bicyclic) bond motifs is 3. The van der Waals surface area contributed by atoms with E-state index < -0.39 is 0 Å². The summed E-state index contributed by atoms with van der Waals surface area (Å²) >= 11 is 0.